The van der Waals surface area contributed by atoms with E-state index in [0.29, 0.717) is 22.2 Å². The average molecular weight is 399 g/mol. The smallest absolute Gasteiger partial charge is 0.340 e. The van der Waals surface area contributed by atoms with E-state index >= 15 is 0 Å². The van der Waals surface area contributed by atoms with Gasteiger partial charge in [0.05, 0.1) is 48.3 Å². The van der Waals surface area contributed by atoms with E-state index in [1.807, 2.05) is 0 Å². The summed E-state index contributed by atoms with van der Waals surface area (Å²) in [6.45, 7) is 0. The molecule has 138 valence electrons. The molecule has 0 saturated heterocycles. The van der Waals surface area contributed by atoms with Crippen molar-refractivity contribution >= 4 is 46.6 Å². The molecule has 2 aromatic carbocycles. The number of carbonyl (C=O) groups excluding carboxylic acids is 2. The van der Waals surface area contributed by atoms with Gasteiger partial charge in [-0.1, -0.05) is 29.3 Å². The third-order valence-electron chi connectivity index (χ3n) is 3.38. The van der Waals surface area contributed by atoms with Gasteiger partial charge >= 0.3 is 12.0 Å². The molecule has 0 bridgehead atoms. The minimum atomic E-state index is -0.651. The fourth-order valence-corrected chi connectivity index (χ4v) is 2.49. The zero-order valence-electron chi connectivity index (χ0n) is 14.2. The van der Waals surface area contributed by atoms with Crippen LogP contribution in [0.25, 0.3) is 0 Å². The van der Waals surface area contributed by atoms with Crippen LogP contribution in [0.1, 0.15) is 10.4 Å². The van der Waals surface area contributed by atoms with Crippen molar-refractivity contribution in [2.75, 3.05) is 32.0 Å². The summed E-state index contributed by atoms with van der Waals surface area (Å²) in [6, 6.07) is 7.05. The molecule has 0 aliphatic heterocycles. The van der Waals surface area contributed by atoms with Crippen LogP contribution in [0.15, 0.2) is 30.3 Å². The Hall–Kier alpha value is -2.64. The number of anilines is 2. The van der Waals surface area contributed by atoms with Crippen LogP contribution in [0, 0.1) is 0 Å². The second-order valence-electron chi connectivity index (χ2n) is 4.92. The van der Waals surface area contributed by atoms with Gasteiger partial charge in [-0.05, 0) is 12.1 Å². The highest BCUT2D eigenvalue weighted by Crippen LogP contribution is 2.34. The van der Waals surface area contributed by atoms with Gasteiger partial charge in [-0.15, -0.1) is 0 Å². The van der Waals surface area contributed by atoms with Crippen LogP contribution in [0.2, 0.25) is 10.0 Å². The number of hydrogen-bond donors (Lipinski definition) is 2. The second kappa shape index (κ2) is 8.64. The second-order valence-corrected chi connectivity index (χ2v) is 5.71. The molecule has 7 nitrogen and oxygen atoms in total. The van der Waals surface area contributed by atoms with E-state index in [0.717, 1.165) is 0 Å². The first-order chi connectivity index (χ1) is 12.4. The fourth-order valence-electron chi connectivity index (χ4n) is 2.14. The molecule has 0 aliphatic rings. The number of hydrogen-bond acceptors (Lipinski definition) is 5. The van der Waals surface area contributed by atoms with Crippen molar-refractivity contribution in [3.05, 3.63) is 45.9 Å². The molecule has 0 heterocycles. The molecule has 0 fully saturated rings. The predicted octanol–water partition coefficient (Wildman–Crippen LogP) is 4.44. The van der Waals surface area contributed by atoms with E-state index in [1.54, 1.807) is 18.2 Å². The number of carbonyl (C=O) groups is 2. The summed E-state index contributed by atoms with van der Waals surface area (Å²) in [5.41, 5.74) is 0.583. The van der Waals surface area contributed by atoms with Crippen LogP contribution in [0.3, 0.4) is 0 Å². The van der Waals surface area contributed by atoms with Crippen LogP contribution in [0.4, 0.5) is 16.2 Å². The number of nitrogens with one attached hydrogen (secondary N) is 2. The van der Waals surface area contributed by atoms with Crippen molar-refractivity contribution in [2.45, 2.75) is 0 Å². The largest absolute Gasteiger partial charge is 0.493 e. The molecule has 2 rings (SSSR count). The highest BCUT2D eigenvalue weighted by molar-refractivity contribution is 6.44. The van der Waals surface area contributed by atoms with E-state index in [9.17, 15) is 9.59 Å². The fraction of sp³-hybridized carbons (Fsp3) is 0.176. The third-order valence-corrected chi connectivity index (χ3v) is 4.20. The summed E-state index contributed by atoms with van der Waals surface area (Å²) in [5.74, 6) is -0.00461. The molecular formula is C17H16Cl2N2O5. The van der Waals surface area contributed by atoms with Gasteiger partial charge in [0.2, 0.25) is 0 Å². The SMILES string of the molecule is COC(=O)c1cc(OC)c(OC)cc1NC(=O)Nc1cccc(Cl)c1Cl. The van der Waals surface area contributed by atoms with Gasteiger partial charge in [-0.25, -0.2) is 9.59 Å². The molecule has 0 spiro atoms. The molecule has 26 heavy (non-hydrogen) atoms. The Labute approximate surface area is 160 Å². The summed E-state index contributed by atoms with van der Waals surface area (Å²) in [7, 11) is 4.10. The molecule has 0 saturated carbocycles. The maximum atomic E-state index is 12.3. The minimum Gasteiger partial charge on any atom is -0.493 e. The number of benzene rings is 2. The summed E-state index contributed by atoms with van der Waals surface area (Å²) in [6.07, 6.45) is 0. The topological polar surface area (TPSA) is 85.9 Å². The van der Waals surface area contributed by atoms with Gasteiger partial charge in [0.1, 0.15) is 0 Å². The normalized spacial score (nSPS) is 10.0. The van der Waals surface area contributed by atoms with Crippen LogP contribution in [-0.4, -0.2) is 33.3 Å². The molecule has 9 heteroatoms. The van der Waals surface area contributed by atoms with Crippen molar-refractivity contribution in [3.8, 4) is 11.5 Å². The average Bonchev–Trinajstić information content (AvgIpc) is 2.64. The first kappa shape index (κ1) is 19.7. The van der Waals surface area contributed by atoms with Crippen molar-refractivity contribution < 1.29 is 23.8 Å². The summed E-state index contributed by atoms with van der Waals surface area (Å²) in [4.78, 5) is 24.3. The van der Waals surface area contributed by atoms with Gasteiger partial charge in [0.25, 0.3) is 0 Å². The zero-order chi connectivity index (χ0) is 19.3. The number of methoxy groups -OCH3 is 3. The Bertz CT molecular complexity index is 842. The van der Waals surface area contributed by atoms with Gasteiger partial charge < -0.3 is 24.8 Å². The van der Waals surface area contributed by atoms with Crippen molar-refractivity contribution in [1.82, 2.24) is 0 Å². The lowest BCUT2D eigenvalue weighted by molar-refractivity contribution is 0.0601. The lowest BCUT2D eigenvalue weighted by Crippen LogP contribution is -2.21. The highest BCUT2D eigenvalue weighted by atomic mass is 35.5. The Morgan fingerprint density at radius 2 is 1.54 bits per heavy atom. The van der Waals surface area contributed by atoms with Crippen LogP contribution in [-0.2, 0) is 4.74 Å². The maximum absolute atomic E-state index is 12.3. The Kier molecular flexibility index (Phi) is 6.54. The Balaban J connectivity index is 2.33. The Morgan fingerprint density at radius 1 is 0.923 bits per heavy atom. The maximum Gasteiger partial charge on any atom is 0.340 e. The van der Waals surface area contributed by atoms with Crippen LogP contribution < -0.4 is 20.1 Å². The van der Waals surface area contributed by atoms with Gasteiger partial charge in [0, 0.05) is 12.1 Å². The van der Waals surface area contributed by atoms with E-state index in [2.05, 4.69) is 10.6 Å². The van der Waals surface area contributed by atoms with Gasteiger partial charge in [0.15, 0.2) is 11.5 Å². The molecule has 2 N–H and O–H groups in total. The molecule has 2 amide bonds. The third kappa shape index (κ3) is 4.30. The number of halogens is 2. The predicted molar refractivity (Wildman–Crippen MR) is 100.0 cm³/mol. The van der Waals surface area contributed by atoms with E-state index < -0.39 is 12.0 Å². The van der Waals surface area contributed by atoms with Gasteiger partial charge in [-0.2, -0.15) is 0 Å². The molecule has 0 radical (unpaired) electrons. The van der Waals surface area contributed by atoms with E-state index in [4.69, 9.17) is 37.4 Å². The van der Waals surface area contributed by atoms with Gasteiger partial charge in [-0.3, -0.25) is 0 Å². The molecule has 2 aromatic rings. The number of rotatable bonds is 5. The van der Waals surface area contributed by atoms with Crippen molar-refractivity contribution in [3.63, 3.8) is 0 Å². The highest BCUT2D eigenvalue weighted by Gasteiger charge is 2.19. The summed E-state index contributed by atoms with van der Waals surface area (Å²) >= 11 is 12.0. The Morgan fingerprint density at radius 3 is 2.15 bits per heavy atom. The standard InChI is InChI=1S/C17H16Cl2N2O5/c1-24-13-7-9(16(22)26-3)12(8-14(13)25-2)21-17(23)20-11-6-4-5-10(18)15(11)19/h4-8H,1-3H3,(H2,20,21,23). The first-order valence-electron chi connectivity index (χ1n) is 7.27. The number of amides is 2. The lowest BCUT2D eigenvalue weighted by Gasteiger charge is -2.15. The summed E-state index contributed by atoms with van der Waals surface area (Å²) in [5, 5.41) is 5.61. The zero-order valence-corrected chi connectivity index (χ0v) is 15.7. The molecular weight excluding hydrogens is 383 g/mol. The minimum absolute atomic E-state index is 0.0949. The van der Waals surface area contributed by atoms with E-state index in [1.165, 1.54) is 33.5 Å². The number of ether oxygens (including phenoxy) is 3. The first-order valence-corrected chi connectivity index (χ1v) is 8.03. The van der Waals surface area contributed by atoms with Crippen molar-refractivity contribution in [1.29, 1.82) is 0 Å². The van der Waals surface area contributed by atoms with Crippen LogP contribution >= 0.6 is 23.2 Å². The molecule has 0 aromatic heterocycles. The van der Waals surface area contributed by atoms with Crippen LogP contribution in [0.5, 0.6) is 11.5 Å². The number of esters is 1. The lowest BCUT2D eigenvalue weighted by atomic mass is 10.1. The van der Waals surface area contributed by atoms with Crippen molar-refractivity contribution in [2.24, 2.45) is 0 Å². The summed E-state index contributed by atoms with van der Waals surface area (Å²) < 4.78 is 15.1. The molecule has 0 aliphatic carbocycles. The quantitative estimate of drug-likeness (QED) is 0.726. The molecule has 0 unspecified atom stereocenters. The van der Waals surface area contributed by atoms with E-state index in [-0.39, 0.29) is 16.3 Å². The molecule has 0 atom stereocenters. The monoisotopic (exact) mass is 398 g/mol. The number of urea groups is 1.